The van der Waals surface area contributed by atoms with Gasteiger partial charge in [-0.05, 0) is 48.6 Å². The van der Waals surface area contributed by atoms with Crippen LogP contribution in [0.25, 0.3) is 5.52 Å². The molecule has 4 aromatic rings. The summed E-state index contributed by atoms with van der Waals surface area (Å²) in [4.78, 5) is 15.2. The van der Waals surface area contributed by atoms with Crippen LogP contribution in [0, 0.1) is 0 Å². The molecule has 1 aliphatic carbocycles. The predicted octanol–water partition coefficient (Wildman–Crippen LogP) is 4.00. The smallest absolute Gasteiger partial charge is 0.276 e. The molecule has 1 aliphatic heterocycles. The summed E-state index contributed by atoms with van der Waals surface area (Å²) in [5.74, 6) is -2.21. The minimum absolute atomic E-state index is 0.102. The summed E-state index contributed by atoms with van der Waals surface area (Å²) in [5.41, 5.74) is 7.40. The number of nitrogens with zero attached hydrogens (tertiary/aromatic N) is 2. The van der Waals surface area contributed by atoms with E-state index in [0.717, 1.165) is 24.0 Å². The summed E-state index contributed by atoms with van der Waals surface area (Å²) in [7, 11) is 0. The number of nitrogen functional groups attached to an aromatic ring is 1. The van der Waals surface area contributed by atoms with Gasteiger partial charge in [0.15, 0.2) is 5.60 Å². The average molecular weight is 585 g/mol. The summed E-state index contributed by atoms with van der Waals surface area (Å²) in [6.45, 7) is 2.74. The molecule has 6 rings (SSSR count). The van der Waals surface area contributed by atoms with Crippen molar-refractivity contribution in [3.63, 3.8) is 0 Å². The Bertz CT molecular complexity index is 1670. The molecule has 2 aromatic heterocycles. The zero-order valence-electron chi connectivity index (χ0n) is 24.0. The van der Waals surface area contributed by atoms with Gasteiger partial charge in [0, 0.05) is 0 Å². The first-order chi connectivity index (χ1) is 20.9. The van der Waals surface area contributed by atoms with Crippen molar-refractivity contribution in [2.24, 2.45) is 0 Å². The fourth-order valence-corrected chi connectivity index (χ4v) is 5.75. The zero-order valence-corrected chi connectivity index (χ0v) is 24.0. The monoisotopic (exact) mass is 584 g/mol. The van der Waals surface area contributed by atoms with Crippen molar-refractivity contribution in [2.45, 2.75) is 56.6 Å². The molecule has 0 radical (unpaired) electrons. The van der Waals surface area contributed by atoms with Crippen molar-refractivity contribution in [2.75, 3.05) is 18.9 Å². The van der Waals surface area contributed by atoms with E-state index >= 15 is 0 Å². The van der Waals surface area contributed by atoms with Crippen molar-refractivity contribution >= 4 is 11.5 Å². The molecular formula is C33H36N4O6. The van der Waals surface area contributed by atoms with E-state index in [4.69, 9.17) is 24.7 Å². The molecule has 224 valence electrons. The highest BCUT2D eigenvalue weighted by molar-refractivity contribution is 5.49. The van der Waals surface area contributed by atoms with Crippen LogP contribution >= 0.6 is 0 Å². The molecule has 3 heterocycles. The molecule has 0 spiro atoms. The number of nitrogens with two attached hydrogens (primary N) is 1. The van der Waals surface area contributed by atoms with Gasteiger partial charge in [0.1, 0.15) is 23.4 Å². The maximum atomic E-state index is 12.7. The van der Waals surface area contributed by atoms with Crippen molar-refractivity contribution in [3.05, 3.63) is 124 Å². The molecule has 1 fully saturated rings. The Morgan fingerprint density at radius 1 is 1.05 bits per heavy atom. The molecule has 10 heteroatoms. The third-order valence-electron chi connectivity index (χ3n) is 8.08. The number of aromatic nitrogens is 3. The fraction of sp³-hybridized carbons (Fsp3) is 0.333. The van der Waals surface area contributed by atoms with E-state index in [1.54, 1.807) is 19.1 Å². The van der Waals surface area contributed by atoms with Crippen molar-refractivity contribution < 1.29 is 24.1 Å². The van der Waals surface area contributed by atoms with E-state index in [2.05, 4.69) is 22.2 Å². The molecule has 0 bridgehead atoms. The number of hydrogen-bond acceptors (Lipinski definition) is 8. The van der Waals surface area contributed by atoms with E-state index in [9.17, 15) is 9.90 Å². The van der Waals surface area contributed by atoms with Crippen LogP contribution in [0.2, 0.25) is 0 Å². The minimum atomic E-state index is -2.11. The van der Waals surface area contributed by atoms with Gasteiger partial charge in [0.2, 0.25) is 11.7 Å². The molecule has 0 unspecified atom stereocenters. The second-order valence-electron chi connectivity index (χ2n) is 11.1. The van der Waals surface area contributed by atoms with Crippen LogP contribution in [0.1, 0.15) is 36.6 Å². The number of ether oxygens (including phenoxy) is 4. The van der Waals surface area contributed by atoms with Crippen molar-refractivity contribution in [1.29, 1.82) is 0 Å². The summed E-state index contributed by atoms with van der Waals surface area (Å²) in [5, 5.41) is 16.9. The van der Waals surface area contributed by atoms with Gasteiger partial charge in [0.25, 0.3) is 5.56 Å². The SMILES string of the molecule is C[C@@]1(OCc2ccccc2)[C@H](OCc2ccccc2)[C@@H](COCC2=CC=CCC2)O[C@@]1(O)c1ccc2c(=O)[nH]c(N)nn12. The standard InChI is InChI=1S/C33H36N4O6/c1-32(42-21-25-15-9-4-10-16-25)29(41-20-24-13-7-3-8-14-24)27(22-40-19-23-11-5-2-6-12-23)43-33(32,39)28-18-17-26-30(38)35-31(34)36-37(26)28/h2-5,7-11,13-18,27,29,39H,6,12,19-22H2,1H3,(H3,34,35,36,38)/t27-,29-,32-,33+/m1/s1. The Balaban J connectivity index is 1.39. The van der Waals surface area contributed by atoms with Crippen LogP contribution < -0.4 is 11.3 Å². The van der Waals surface area contributed by atoms with Crippen LogP contribution in [-0.4, -0.2) is 50.7 Å². The van der Waals surface area contributed by atoms with E-state index in [-0.39, 0.29) is 37.0 Å². The number of nitrogens with one attached hydrogen (secondary N) is 1. The molecule has 0 saturated carbocycles. The van der Waals surface area contributed by atoms with Crippen LogP contribution in [-0.2, 0) is 37.9 Å². The summed E-state index contributed by atoms with van der Waals surface area (Å²) < 4.78 is 27.2. The Morgan fingerprint density at radius 3 is 2.47 bits per heavy atom. The highest BCUT2D eigenvalue weighted by Gasteiger charge is 2.67. The lowest BCUT2D eigenvalue weighted by molar-refractivity contribution is -0.294. The van der Waals surface area contributed by atoms with Crippen molar-refractivity contribution in [1.82, 2.24) is 14.6 Å². The predicted molar refractivity (Wildman–Crippen MR) is 161 cm³/mol. The average Bonchev–Trinajstić information content (AvgIpc) is 3.54. The number of anilines is 1. The van der Waals surface area contributed by atoms with Gasteiger partial charge < -0.3 is 29.8 Å². The van der Waals surface area contributed by atoms with E-state index in [1.807, 2.05) is 66.7 Å². The van der Waals surface area contributed by atoms with Crippen LogP contribution in [0.5, 0.6) is 0 Å². The topological polar surface area (TPSA) is 133 Å². The number of aliphatic hydroxyl groups is 1. The molecule has 1 saturated heterocycles. The zero-order chi connectivity index (χ0) is 29.9. The third-order valence-corrected chi connectivity index (χ3v) is 8.08. The van der Waals surface area contributed by atoms with E-state index in [1.165, 1.54) is 10.1 Å². The molecule has 2 aromatic carbocycles. The van der Waals surface area contributed by atoms with Gasteiger partial charge >= 0.3 is 0 Å². The Labute approximate surface area is 249 Å². The summed E-state index contributed by atoms with van der Waals surface area (Å²) in [6.07, 6.45) is 6.60. The lowest BCUT2D eigenvalue weighted by atomic mass is 9.87. The van der Waals surface area contributed by atoms with Gasteiger partial charge in [-0.3, -0.25) is 9.78 Å². The molecular weight excluding hydrogens is 548 g/mol. The van der Waals surface area contributed by atoms with Gasteiger partial charge in [0.05, 0.1) is 26.4 Å². The lowest BCUT2D eigenvalue weighted by Gasteiger charge is -2.40. The molecule has 0 amide bonds. The van der Waals surface area contributed by atoms with Gasteiger partial charge in [-0.15, -0.1) is 5.10 Å². The number of rotatable bonds is 11. The number of hydrogen-bond donors (Lipinski definition) is 3. The van der Waals surface area contributed by atoms with E-state index in [0.29, 0.717) is 6.61 Å². The lowest BCUT2D eigenvalue weighted by Crippen LogP contribution is -2.55. The second kappa shape index (κ2) is 12.3. The molecule has 10 nitrogen and oxygen atoms in total. The van der Waals surface area contributed by atoms with Gasteiger partial charge in [-0.2, -0.15) is 0 Å². The molecule has 4 N–H and O–H groups in total. The van der Waals surface area contributed by atoms with Crippen molar-refractivity contribution in [3.8, 4) is 0 Å². The second-order valence-corrected chi connectivity index (χ2v) is 11.1. The molecule has 43 heavy (non-hydrogen) atoms. The Morgan fingerprint density at radius 2 is 1.77 bits per heavy atom. The van der Waals surface area contributed by atoms with Crippen LogP contribution in [0.3, 0.4) is 0 Å². The number of benzene rings is 2. The van der Waals surface area contributed by atoms with Crippen LogP contribution in [0.4, 0.5) is 5.95 Å². The van der Waals surface area contributed by atoms with Gasteiger partial charge in [-0.1, -0.05) is 78.9 Å². The molecule has 4 atom stereocenters. The Kier molecular flexibility index (Phi) is 8.29. The number of H-pyrrole nitrogens is 1. The summed E-state index contributed by atoms with van der Waals surface area (Å²) in [6, 6.07) is 22.6. The first kappa shape index (κ1) is 29.0. The fourth-order valence-electron chi connectivity index (χ4n) is 5.75. The first-order valence-electron chi connectivity index (χ1n) is 14.4. The van der Waals surface area contributed by atoms with Gasteiger partial charge in [-0.25, -0.2) is 4.52 Å². The maximum absolute atomic E-state index is 12.7. The van der Waals surface area contributed by atoms with Crippen LogP contribution in [0.15, 0.2) is 101 Å². The quantitative estimate of drug-likeness (QED) is 0.241. The number of fused-ring (bicyclic) bond motifs is 1. The minimum Gasteiger partial charge on any atom is -0.374 e. The normalized spacial score (nSPS) is 25.3. The molecule has 2 aliphatic rings. The Hall–Kier alpha value is -4.06. The summed E-state index contributed by atoms with van der Waals surface area (Å²) >= 11 is 0. The highest BCUT2D eigenvalue weighted by Crippen LogP contribution is 2.49. The number of allylic oxidation sites excluding steroid dienone is 3. The first-order valence-corrected chi connectivity index (χ1v) is 14.4. The maximum Gasteiger partial charge on any atom is 0.276 e. The highest BCUT2D eigenvalue weighted by atomic mass is 16.7. The number of aromatic amines is 1. The third kappa shape index (κ3) is 5.80. The largest absolute Gasteiger partial charge is 0.374 e. The van der Waals surface area contributed by atoms with E-state index < -0.39 is 29.2 Å².